The molecule has 290 valence electrons. The first-order valence-corrected chi connectivity index (χ1v) is 20.9. The molecule has 0 aliphatic heterocycles. The number of furan rings is 1. The molecule has 0 aliphatic rings. The molecule has 0 fully saturated rings. The SMILES string of the molecule is [2H]c1c([2H])c(N(c2ccc(-c3cccc4ccccc34)cc2)c2ccccc2-c2ccc3c(c2)oc2c4ccccc4ccc32)c([2H])c([2H])c1-c1cccc(-c2cccc3ccccc23)c1. The zero-order valence-electron chi connectivity index (χ0n) is 37.6. The van der Waals surface area contributed by atoms with E-state index in [0.717, 1.165) is 87.6 Å². The highest BCUT2D eigenvalue weighted by Gasteiger charge is 2.19. The maximum atomic E-state index is 9.81. The lowest BCUT2D eigenvalue weighted by Crippen LogP contribution is -2.11. The lowest BCUT2D eigenvalue weighted by molar-refractivity contribution is 0.673. The van der Waals surface area contributed by atoms with Gasteiger partial charge in [-0.05, 0) is 120 Å². The molecular formula is C60H39NO. The number of rotatable bonds is 7. The first-order valence-electron chi connectivity index (χ1n) is 22.9. The molecule has 11 aromatic carbocycles. The van der Waals surface area contributed by atoms with Crippen molar-refractivity contribution in [2.24, 2.45) is 0 Å². The summed E-state index contributed by atoms with van der Waals surface area (Å²) in [5.41, 5.74) is 9.80. The highest BCUT2D eigenvalue weighted by molar-refractivity contribution is 6.15. The maximum Gasteiger partial charge on any atom is 0.143 e. The molecule has 1 heterocycles. The van der Waals surface area contributed by atoms with Crippen molar-refractivity contribution >= 4 is 71.3 Å². The number of para-hydroxylation sites is 1. The van der Waals surface area contributed by atoms with Crippen LogP contribution in [0.25, 0.3) is 98.8 Å². The zero-order valence-corrected chi connectivity index (χ0v) is 33.6. The Kier molecular flexibility index (Phi) is 7.57. The fourth-order valence-corrected chi connectivity index (χ4v) is 9.12. The molecule has 0 bridgehead atoms. The number of anilines is 3. The third kappa shape index (κ3) is 6.12. The van der Waals surface area contributed by atoms with Crippen molar-refractivity contribution in [3.63, 3.8) is 0 Å². The van der Waals surface area contributed by atoms with E-state index in [1.54, 1.807) is 0 Å². The van der Waals surface area contributed by atoms with E-state index in [1.807, 2.05) is 102 Å². The maximum absolute atomic E-state index is 9.81. The monoisotopic (exact) mass is 793 g/mol. The molecule has 1 aromatic heterocycles. The topological polar surface area (TPSA) is 16.4 Å². The first-order chi connectivity index (χ1) is 32.4. The van der Waals surface area contributed by atoms with Crippen molar-refractivity contribution in [2.75, 3.05) is 4.90 Å². The summed E-state index contributed by atoms with van der Waals surface area (Å²) in [6.07, 6.45) is 0. The Morgan fingerprint density at radius 3 is 1.60 bits per heavy atom. The molecule has 12 rings (SSSR count). The molecule has 0 radical (unpaired) electrons. The minimum atomic E-state index is -0.144. The van der Waals surface area contributed by atoms with Gasteiger partial charge in [0.15, 0.2) is 0 Å². The van der Waals surface area contributed by atoms with Gasteiger partial charge < -0.3 is 9.32 Å². The fourth-order valence-electron chi connectivity index (χ4n) is 9.12. The second-order valence-corrected chi connectivity index (χ2v) is 15.7. The van der Waals surface area contributed by atoms with Gasteiger partial charge in [-0.25, -0.2) is 0 Å². The number of hydrogen-bond donors (Lipinski definition) is 0. The van der Waals surface area contributed by atoms with Crippen LogP contribution in [0.15, 0.2) is 241 Å². The molecule has 0 unspecified atom stereocenters. The predicted octanol–water partition coefficient (Wildman–Crippen LogP) is 17.2. The fraction of sp³-hybridized carbons (Fsp3) is 0. The minimum absolute atomic E-state index is 0.119. The highest BCUT2D eigenvalue weighted by Crippen LogP contribution is 2.44. The van der Waals surface area contributed by atoms with Crippen LogP contribution in [-0.2, 0) is 0 Å². The molecule has 0 spiro atoms. The van der Waals surface area contributed by atoms with E-state index in [9.17, 15) is 5.48 Å². The predicted molar refractivity (Wildman–Crippen MR) is 263 cm³/mol. The lowest BCUT2D eigenvalue weighted by Gasteiger charge is -2.28. The Morgan fingerprint density at radius 2 is 0.855 bits per heavy atom. The van der Waals surface area contributed by atoms with Gasteiger partial charge in [-0.2, -0.15) is 0 Å². The smallest absolute Gasteiger partial charge is 0.143 e. The summed E-state index contributed by atoms with van der Waals surface area (Å²) >= 11 is 0. The second-order valence-electron chi connectivity index (χ2n) is 15.7. The van der Waals surface area contributed by atoms with Gasteiger partial charge in [-0.1, -0.05) is 182 Å². The van der Waals surface area contributed by atoms with E-state index in [1.165, 1.54) is 0 Å². The summed E-state index contributed by atoms with van der Waals surface area (Å²) in [6.45, 7) is 0. The molecule has 0 aliphatic carbocycles. The first kappa shape index (κ1) is 31.7. The lowest BCUT2D eigenvalue weighted by atomic mass is 9.95. The summed E-state index contributed by atoms with van der Waals surface area (Å²) in [6, 6.07) is 71.2. The summed E-state index contributed by atoms with van der Waals surface area (Å²) in [5.74, 6) is 0. The Hall–Kier alpha value is -8.20. The van der Waals surface area contributed by atoms with Gasteiger partial charge >= 0.3 is 0 Å². The van der Waals surface area contributed by atoms with Gasteiger partial charge in [0.1, 0.15) is 11.2 Å². The Balaban J connectivity index is 1.04. The minimum Gasteiger partial charge on any atom is -0.455 e. The number of hydrogen-bond acceptors (Lipinski definition) is 2. The molecule has 0 N–H and O–H groups in total. The van der Waals surface area contributed by atoms with E-state index in [0.29, 0.717) is 16.9 Å². The van der Waals surface area contributed by atoms with Crippen LogP contribution < -0.4 is 4.90 Å². The van der Waals surface area contributed by atoms with Gasteiger partial charge in [0, 0.05) is 33.1 Å². The zero-order chi connectivity index (χ0) is 44.5. The third-order valence-electron chi connectivity index (χ3n) is 12.1. The molecule has 12 aromatic rings. The molecule has 0 amide bonds. The largest absolute Gasteiger partial charge is 0.455 e. The van der Waals surface area contributed by atoms with Gasteiger partial charge in [0.25, 0.3) is 0 Å². The van der Waals surface area contributed by atoms with Crippen LogP contribution in [0, 0.1) is 0 Å². The van der Waals surface area contributed by atoms with Crippen LogP contribution >= 0.6 is 0 Å². The normalized spacial score (nSPS) is 12.5. The van der Waals surface area contributed by atoms with Crippen molar-refractivity contribution in [2.45, 2.75) is 0 Å². The second kappa shape index (κ2) is 14.8. The highest BCUT2D eigenvalue weighted by atomic mass is 16.3. The number of benzene rings is 11. The summed E-state index contributed by atoms with van der Waals surface area (Å²) in [5, 5.41) is 8.73. The van der Waals surface area contributed by atoms with Gasteiger partial charge in [-0.15, -0.1) is 0 Å². The van der Waals surface area contributed by atoms with Crippen molar-refractivity contribution in [3.8, 4) is 44.5 Å². The van der Waals surface area contributed by atoms with Crippen LogP contribution in [0.1, 0.15) is 5.48 Å². The van der Waals surface area contributed by atoms with Crippen LogP contribution in [0.4, 0.5) is 17.1 Å². The molecule has 2 heteroatoms. The molecule has 0 saturated heterocycles. The molecule has 62 heavy (non-hydrogen) atoms. The Labute approximate surface area is 365 Å². The molecule has 0 saturated carbocycles. The quantitative estimate of drug-likeness (QED) is 0.160. The van der Waals surface area contributed by atoms with E-state index in [2.05, 4.69) is 115 Å². The molecular weight excluding hydrogens is 751 g/mol. The van der Waals surface area contributed by atoms with Crippen LogP contribution in [0.3, 0.4) is 0 Å². The van der Waals surface area contributed by atoms with E-state index < -0.39 is 0 Å². The summed E-state index contributed by atoms with van der Waals surface area (Å²) < 4.78 is 45.6. The van der Waals surface area contributed by atoms with Crippen LogP contribution in [0.2, 0.25) is 0 Å². The van der Waals surface area contributed by atoms with Crippen molar-refractivity contribution in [1.29, 1.82) is 0 Å². The van der Waals surface area contributed by atoms with Crippen molar-refractivity contribution in [1.82, 2.24) is 0 Å². The number of nitrogens with zero attached hydrogens (tertiary/aromatic N) is 1. The van der Waals surface area contributed by atoms with E-state index in [-0.39, 0.29) is 35.4 Å². The summed E-state index contributed by atoms with van der Waals surface area (Å²) in [4.78, 5) is 1.88. The van der Waals surface area contributed by atoms with E-state index >= 15 is 0 Å². The standard InChI is InChI=1S/C60H39NO/c1-4-19-50-41(12-1)15-10-23-52(50)44-28-34-49(35-29-44)61(48-32-26-40(27-33-48)45-17-9-18-46(38-45)53-24-11-16-42-13-2-5-20-51(42)53)58-25-8-7-21-54(58)47-31-36-56-57-37-30-43-14-3-6-22-55(43)60(57)62-59(56)39-47/h1-39H/i26D,27D,32D,33D. The van der Waals surface area contributed by atoms with Crippen molar-refractivity contribution in [3.05, 3.63) is 236 Å². The Bertz CT molecular complexity index is 3850. The van der Waals surface area contributed by atoms with Gasteiger partial charge in [0.2, 0.25) is 0 Å². The third-order valence-corrected chi connectivity index (χ3v) is 12.1. The van der Waals surface area contributed by atoms with Crippen LogP contribution in [0.5, 0.6) is 0 Å². The molecule has 2 nitrogen and oxygen atoms in total. The van der Waals surface area contributed by atoms with Gasteiger partial charge in [-0.3, -0.25) is 0 Å². The number of fused-ring (bicyclic) bond motifs is 7. The molecule has 0 atom stereocenters. The van der Waals surface area contributed by atoms with E-state index in [4.69, 9.17) is 4.42 Å². The average Bonchev–Trinajstić information content (AvgIpc) is 3.76. The average molecular weight is 794 g/mol. The van der Waals surface area contributed by atoms with Gasteiger partial charge in [0.05, 0.1) is 11.2 Å². The van der Waals surface area contributed by atoms with Crippen LogP contribution in [-0.4, -0.2) is 0 Å². The summed E-state index contributed by atoms with van der Waals surface area (Å²) in [7, 11) is 0. The Morgan fingerprint density at radius 1 is 0.323 bits per heavy atom. The van der Waals surface area contributed by atoms with Crippen molar-refractivity contribution < 1.29 is 9.90 Å².